The van der Waals surface area contributed by atoms with Crippen molar-refractivity contribution < 1.29 is 23.5 Å². The first-order chi connectivity index (χ1) is 13.4. The smallest absolute Gasteiger partial charge is 0.305 e. The molecule has 1 aromatic heterocycles. The lowest BCUT2D eigenvalue weighted by Crippen LogP contribution is -2.30. The minimum Gasteiger partial charge on any atom is -0.481 e. The number of aliphatic carboxylic acids is 1. The van der Waals surface area contributed by atoms with Gasteiger partial charge in [0.25, 0.3) is 5.91 Å². The van der Waals surface area contributed by atoms with Crippen molar-refractivity contribution in [2.24, 2.45) is 0 Å². The van der Waals surface area contributed by atoms with E-state index in [1.165, 1.54) is 36.4 Å². The van der Waals surface area contributed by atoms with Crippen LogP contribution in [-0.2, 0) is 4.79 Å². The molecule has 7 heteroatoms. The molecule has 0 aliphatic heterocycles. The number of amides is 1. The van der Waals surface area contributed by atoms with E-state index in [2.05, 4.69) is 10.3 Å². The minimum atomic E-state index is -1.12. The summed E-state index contributed by atoms with van der Waals surface area (Å²) in [5.41, 5.74) is 0.987. The molecule has 1 atom stereocenters. The highest BCUT2D eigenvalue weighted by atomic mass is 19.1. The van der Waals surface area contributed by atoms with Crippen molar-refractivity contribution in [1.82, 2.24) is 10.3 Å². The molecule has 142 valence electrons. The van der Waals surface area contributed by atoms with Crippen LogP contribution in [0.5, 0.6) is 0 Å². The number of pyridine rings is 1. The fraction of sp³-hybridized carbons (Fsp3) is 0.0952. The highest BCUT2D eigenvalue weighted by Gasteiger charge is 2.20. The number of hydrogen-bond acceptors (Lipinski definition) is 3. The van der Waals surface area contributed by atoms with E-state index >= 15 is 0 Å². The molecule has 0 aliphatic carbocycles. The molecule has 5 nitrogen and oxygen atoms in total. The summed E-state index contributed by atoms with van der Waals surface area (Å²) in [5.74, 6) is -2.68. The molecule has 28 heavy (non-hydrogen) atoms. The van der Waals surface area contributed by atoms with Gasteiger partial charge in [0.2, 0.25) is 0 Å². The number of nitrogens with one attached hydrogen (secondary N) is 1. The van der Waals surface area contributed by atoms with Crippen LogP contribution >= 0.6 is 0 Å². The van der Waals surface area contributed by atoms with Crippen LogP contribution in [0.15, 0.2) is 66.7 Å². The Labute approximate surface area is 159 Å². The number of rotatable bonds is 6. The SMILES string of the molecule is O=C(O)C[C@H](NC(=O)c1cccc(-c2ccccc2F)n1)c1ccc(F)cc1. The molecule has 0 fully saturated rings. The van der Waals surface area contributed by atoms with Crippen molar-refractivity contribution in [3.8, 4) is 11.3 Å². The first-order valence-corrected chi connectivity index (χ1v) is 8.44. The van der Waals surface area contributed by atoms with E-state index in [4.69, 9.17) is 5.11 Å². The standard InChI is InChI=1S/C21H16F2N2O3/c22-14-10-8-13(9-11-14)19(12-20(26)27)25-21(28)18-7-3-6-17(24-18)15-4-1-2-5-16(15)23/h1-11,19H,12H2,(H,25,28)(H,26,27)/t19-/m0/s1. The van der Waals surface area contributed by atoms with Crippen LogP contribution in [0.2, 0.25) is 0 Å². The zero-order valence-corrected chi connectivity index (χ0v) is 14.6. The van der Waals surface area contributed by atoms with Crippen molar-refractivity contribution in [2.45, 2.75) is 12.5 Å². The lowest BCUT2D eigenvalue weighted by atomic mass is 10.0. The Morgan fingerprint density at radius 2 is 1.68 bits per heavy atom. The molecule has 1 amide bonds. The Morgan fingerprint density at radius 3 is 2.36 bits per heavy atom. The summed E-state index contributed by atoms with van der Waals surface area (Å²) >= 11 is 0. The predicted octanol–water partition coefficient (Wildman–Crippen LogP) is 3.97. The topological polar surface area (TPSA) is 79.3 Å². The van der Waals surface area contributed by atoms with E-state index in [0.717, 1.165) is 0 Å². The molecule has 1 heterocycles. The Bertz CT molecular complexity index is 1010. The number of halogens is 2. The number of carboxylic acids is 1. The Balaban J connectivity index is 1.86. The Morgan fingerprint density at radius 1 is 0.964 bits per heavy atom. The van der Waals surface area contributed by atoms with Crippen LogP contribution in [0.25, 0.3) is 11.3 Å². The number of aromatic nitrogens is 1. The van der Waals surface area contributed by atoms with Gasteiger partial charge in [-0.2, -0.15) is 0 Å². The largest absolute Gasteiger partial charge is 0.481 e. The van der Waals surface area contributed by atoms with Gasteiger partial charge in [0.15, 0.2) is 0 Å². The lowest BCUT2D eigenvalue weighted by Gasteiger charge is -2.17. The van der Waals surface area contributed by atoms with Gasteiger partial charge >= 0.3 is 5.97 Å². The van der Waals surface area contributed by atoms with Crippen LogP contribution < -0.4 is 5.32 Å². The van der Waals surface area contributed by atoms with E-state index in [9.17, 15) is 18.4 Å². The molecular weight excluding hydrogens is 366 g/mol. The number of benzene rings is 2. The zero-order valence-electron chi connectivity index (χ0n) is 14.6. The molecule has 3 rings (SSSR count). The maximum absolute atomic E-state index is 14.0. The van der Waals surface area contributed by atoms with E-state index in [-0.39, 0.29) is 23.4 Å². The van der Waals surface area contributed by atoms with Gasteiger partial charge < -0.3 is 10.4 Å². The molecule has 0 saturated carbocycles. The van der Waals surface area contributed by atoms with Crippen molar-refractivity contribution in [3.63, 3.8) is 0 Å². The minimum absolute atomic E-state index is 0.0123. The van der Waals surface area contributed by atoms with Gasteiger partial charge in [0.1, 0.15) is 17.3 Å². The summed E-state index contributed by atoms with van der Waals surface area (Å²) in [6.45, 7) is 0. The number of carbonyl (C=O) groups is 2. The van der Waals surface area contributed by atoms with Gasteiger partial charge in [0.05, 0.1) is 18.2 Å². The molecule has 0 unspecified atom stereocenters. The highest BCUT2D eigenvalue weighted by Crippen LogP contribution is 2.22. The van der Waals surface area contributed by atoms with E-state index in [1.807, 2.05) is 0 Å². The normalized spacial score (nSPS) is 11.6. The maximum Gasteiger partial charge on any atom is 0.305 e. The van der Waals surface area contributed by atoms with Gasteiger partial charge in [-0.1, -0.05) is 30.3 Å². The van der Waals surface area contributed by atoms with Gasteiger partial charge in [-0.25, -0.2) is 13.8 Å². The average Bonchev–Trinajstić information content (AvgIpc) is 2.68. The summed E-state index contributed by atoms with van der Waals surface area (Å²) in [7, 11) is 0. The third kappa shape index (κ3) is 4.56. The van der Waals surface area contributed by atoms with Crippen molar-refractivity contribution in [2.75, 3.05) is 0 Å². The summed E-state index contributed by atoms with van der Waals surface area (Å²) in [4.78, 5) is 28.0. The first-order valence-electron chi connectivity index (χ1n) is 8.44. The maximum atomic E-state index is 14.0. The van der Waals surface area contributed by atoms with Crippen LogP contribution in [0, 0.1) is 11.6 Å². The summed E-state index contributed by atoms with van der Waals surface area (Å²) in [6, 6.07) is 15.0. The van der Waals surface area contributed by atoms with Crippen molar-refractivity contribution in [3.05, 3.63) is 89.6 Å². The fourth-order valence-electron chi connectivity index (χ4n) is 2.73. The second-order valence-electron chi connectivity index (χ2n) is 6.06. The highest BCUT2D eigenvalue weighted by molar-refractivity contribution is 5.93. The fourth-order valence-corrected chi connectivity index (χ4v) is 2.73. The van der Waals surface area contributed by atoms with Crippen LogP contribution in [0.1, 0.15) is 28.5 Å². The Kier molecular flexibility index (Phi) is 5.74. The van der Waals surface area contributed by atoms with Gasteiger partial charge in [-0.05, 0) is 42.0 Å². The first kappa shape index (κ1) is 19.2. The van der Waals surface area contributed by atoms with Gasteiger partial charge in [0, 0.05) is 5.56 Å². The second-order valence-corrected chi connectivity index (χ2v) is 6.06. The second kappa shape index (κ2) is 8.39. The summed E-state index contributed by atoms with van der Waals surface area (Å²) < 4.78 is 27.1. The summed E-state index contributed by atoms with van der Waals surface area (Å²) in [6.07, 6.45) is -0.385. The van der Waals surface area contributed by atoms with Crippen molar-refractivity contribution >= 4 is 11.9 Å². The third-order valence-electron chi connectivity index (χ3n) is 4.09. The van der Waals surface area contributed by atoms with Gasteiger partial charge in [-0.3, -0.25) is 9.59 Å². The Hall–Kier alpha value is -3.61. The number of nitrogens with zero attached hydrogens (tertiary/aromatic N) is 1. The third-order valence-corrected chi connectivity index (χ3v) is 4.09. The predicted molar refractivity (Wildman–Crippen MR) is 98.5 cm³/mol. The number of carbonyl (C=O) groups excluding carboxylic acids is 1. The molecule has 2 aromatic carbocycles. The van der Waals surface area contributed by atoms with Crippen LogP contribution in [0.3, 0.4) is 0 Å². The molecular formula is C21H16F2N2O3. The number of hydrogen-bond donors (Lipinski definition) is 2. The molecule has 0 spiro atoms. The molecule has 0 radical (unpaired) electrons. The number of carboxylic acid groups (broad SMARTS) is 1. The molecule has 3 aromatic rings. The molecule has 0 bridgehead atoms. The quantitative estimate of drug-likeness (QED) is 0.676. The monoisotopic (exact) mass is 382 g/mol. The van der Waals surface area contributed by atoms with E-state index in [1.54, 1.807) is 30.3 Å². The van der Waals surface area contributed by atoms with Gasteiger partial charge in [-0.15, -0.1) is 0 Å². The molecule has 0 saturated heterocycles. The molecule has 2 N–H and O–H groups in total. The molecule has 0 aliphatic rings. The van der Waals surface area contributed by atoms with E-state index < -0.39 is 29.6 Å². The van der Waals surface area contributed by atoms with Crippen molar-refractivity contribution in [1.29, 1.82) is 0 Å². The lowest BCUT2D eigenvalue weighted by molar-refractivity contribution is -0.137. The van der Waals surface area contributed by atoms with Crippen LogP contribution in [-0.4, -0.2) is 22.0 Å². The summed E-state index contributed by atoms with van der Waals surface area (Å²) in [5, 5.41) is 11.7. The average molecular weight is 382 g/mol. The van der Waals surface area contributed by atoms with E-state index in [0.29, 0.717) is 5.56 Å². The van der Waals surface area contributed by atoms with Crippen LogP contribution in [0.4, 0.5) is 8.78 Å². The zero-order chi connectivity index (χ0) is 20.1.